The van der Waals surface area contributed by atoms with Gasteiger partial charge in [-0.25, -0.2) is 9.97 Å². The van der Waals surface area contributed by atoms with Crippen LogP contribution in [-0.2, 0) is 0 Å². The summed E-state index contributed by atoms with van der Waals surface area (Å²) in [6, 6.07) is 9.00. The normalized spacial score (nSPS) is 9.38. The molecule has 6 heteroatoms. The average Bonchev–Trinajstić information content (AvgIpc) is 2.17. The van der Waals surface area contributed by atoms with Gasteiger partial charge in [0.05, 0.1) is 0 Å². The lowest BCUT2D eigenvalue weighted by Gasteiger charge is -2.04. The van der Waals surface area contributed by atoms with Crippen molar-refractivity contribution in [2.45, 2.75) is 0 Å². The molecule has 0 amide bonds. The van der Waals surface area contributed by atoms with Crippen molar-refractivity contribution in [2.24, 2.45) is 0 Å². The Balaban J connectivity index is 0.00000128. The predicted molar refractivity (Wildman–Crippen MR) is 69.0 cm³/mol. The topological polar surface area (TPSA) is 37.8 Å². The van der Waals surface area contributed by atoms with Gasteiger partial charge in [-0.15, -0.1) is 12.4 Å². The molecule has 2 rings (SSSR count). The van der Waals surface area contributed by atoms with E-state index in [9.17, 15) is 0 Å². The van der Waals surface area contributed by atoms with Crippen molar-refractivity contribution in [2.75, 3.05) is 5.32 Å². The number of hydrogen-bond acceptors (Lipinski definition) is 3. The van der Waals surface area contributed by atoms with Crippen molar-refractivity contribution in [1.29, 1.82) is 0 Å². The third-order valence-corrected chi connectivity index (χ3v) is 2.17. The molecular formula is C10H8Cl3N3. The monoisotopic (exact) mass is 275 g/mol. The highest BCUT2D eigenvalue weighted by Crippen LogP contribution is 2.19. The quantitative estimate of drug-likeness (QED) is 0.844. The summed E-state index contributed by atoms with van der Waals surface area (Å²) in [5.74, 6) is 0.636. The summed E-state index contributed by atoms with van der Waals surface area (Å²) in [4.78, 5) is 7.80. The van der Waals surface area contributed by atoms with Gasteiger partial charge in [0.1, 0.15) is 17.3 Å². The first-order valence-electron chi connectivity index (χ1n) is 4.24. The van der Waals surface area contributed by atoms with Crippen molar-refractivity contribution in [3.05, 3.63) is 46.8 Å². The van der Waals surface area contributed by atoms with Crippen LogP contribution in [0.15, 0.2) is 36.7 Å². The molecule has 0 atom stereocenters. The number of anilines is 2. The number of rotatable bonds is 2. The second kappa shape index (κ2) is 5.89. The van der Waals surface area contributed by atoms with Crippen molar-refractivity contribution < 1.29 is 0 Å². The van der Waals surface area contributed by atoms with E-state index in [2.05, 4.69) is 15.3 Å². The zero-order chi connectivity index (χ0) is 10.7. The molecule has 0 unspecified atom stereocenters. The van der Waals surface area contributed by atoms with Crippen LogP contribution < -0.4 is 5.32 Å². The Morgan fingerprint density at radius 3 is 2.56 bits per heavy atom. The number of hydrogen-bond donors (Lipinski definition) is 1. The molecule has 0 aliphatic carbocycles. The van der Waals surface area contributed by atoms with Gasteiger partial charge in [0.2, 0.25) is 0 Å². The van der Waals surface area contributed by atoms with Gasteiger partial charge in [0.15, 0.2) is 0 Å². The molecule has 0 spiro atoms. The number of halogens is 3. The lowest BCUT2D eigenvalue weighted by molar-refractivity contribution is 1.17. The first kappa shape index (κ1) is 13.0. The fourth-order valence-corrected chi connectivity index (χ4v) is 1.45. The highest BCUT2D eigenvalue weighted by atomic mass is 35.5. The fourth-order valence-electron chi connectivity index (χ4n) is 1.12. The van der Waals surface area contributed by atoms with Gasteiger partial charge in [-0.3, -0.25) is 0 Å². The maximum absolute atomic E-state index is 5.84. The standard InChI is InChI=1S/C10H7Cl2N3.ClH/c11-7-2-1-3-8(4-7)15-10-5-9(12)13-6-14-10;/h1-6H,(H,13,14,15);1H. The molecule has 1 aromatic carbocycles. The first-order chi connectivity index (χ1) is 7.24. The first-order valence-corrected chi connectivity index (χ1v) is 5.00. The van der Waals surface area contributed by atoms with Crippen molar-refractivity contribution >= 4 is 47.1 Å². The maximum atomic E-state index is 5.84. The van der Waals surface area contributed by atoms with Gasteiger partial charge >= 0.3 is 0 Å². The van der Waals surface area contributed by atoms with Gasteiger partial charge in [-0.2, -0.15) is 0 Å². The van der Waals surface area contributed by atoms with E-state index < -0.39 is 0 Å². The highest BCUT2D eigenvalue weighted by Gasteiger charge is 1.97. The Labute approximate surface area is 109 Å². The molecule has 3 nitrogen and oxygen atoms in total. The molecule has 1 N–H and O–H groups in total. The van der Waals surface area contributed by atoms with Crippen LogP contribution in [0.5, 0.6) is 0 Å². The van der Waals surface area contributed by atoms with Crippen molar-refractivity contribution in [3.8, 4) is 0 Å². The van der Waals surface area contributed by atoms with Crippen LogP contribution in [-0.4, -0.2) is 9.97 Å². The molecule has 0 aliphatic heterocycles. The van der Waals surface area contributed by atoms with Crippen LogP contribution in [0.3, 0.4) is 0 Å². The smallest absolute Gasteiger partial charge is 0.135 e. The predicted octanol–water partition coefficient (Wildman–Crippen LogP) is 3.95. The molecule has 16 heavy (non-hydrogen) atoms. The van der Waals surface area contributed by atoms with E-state index in [-0.39, 0.29) is 12.4 Å². The summed E-state index contributed by atoms with van der Waals surface area (Å²) in [6.07, 6.45) is 1.40. The molecule has 0 saturated carbocycles. The molecule has 0 fully saturated rings. The van der Waals surface area contributed by atoms with Crippen molar-refractivity contribution in [1.82, 2.24) is 9.97 Å². The molecule has 1 aromatic heterocycles. The Bertz CT molecular complexity index is 433. The minimum absolute atomic E-state index is 0. The molecular weight excluding hydrogens is 268 g/mol. The minimum atomic E-state index is 0. The summed E-state index contributed by atoms with van der Waals surface area (Å²) in [6.45, 7) is 0. The van der Waals surface area contributed by atoms with Crippen molar-refractivity contribution in [3.63, 3.8) is 0 Å². The van der Waals surface area contributed by atoms with Crippen LogP contribution in [0.25, 0.3) is 0 Å². The van der Waals surface area contributed by atoms with Crippen LogP contribution in [0.1, 0.15) is 0 Å². The van der Waals surface area contributed by atoms with Crippen LogP contribution >= 0.6 is 35.6 Å². The molecule has 1 heterocycles. The summed E-state index contributed by atoms with van der Waals surface area (Å²) in [5, 5.41) is 4.13. The van der Waals surface area contributed by atoms with E-state index >= 15 is 0 Å². The Hall–Kier alpha value is -1.03. The number of nitrogens with one attached hydrogen (secondary N) is 1. The van der Waals surface area contributed by atoms with Gasteiger partial charge in [0.25, 0.3) is 0 Å². The van der Waals surface area contributed by atoms with Crippen LogP contribution in [0.2, 0.25) is 10.2 Å². The van der Waals surface area contributed by atoms with E-state index in [4.69, 9.17) is 23.2 Å². The van der Waals surface area contributed by atoms with Gasteiger partial charge in [0, 0.05) is 16.8 Å². The Morgan fingerprint density at radius 1 is 1.06 bits per heavy atom. The number of benzene rings is 1. The van der Waals surface area contributed by atoms with Crippen LogP contribution in [0.4, 0.5) is 11.5 Å². The van der Waals surface area contributed by atoms with E-state index in [1.165, 1.54) is 6.33 Å². The number of aromatic nitrogens is 2. The summed E-state index contributed by atoms with van der Waals surface area (Å²) in [5.41, 5.74) is 0.859. The zero-order valence-electron chi connectivity index (χ0n) is 8.02. The summed E-state index contributed by atoms with van der Waals surface area (Å²) < 4.78 is 0. The summed E-state index contributed by atoms with van der Waals surface area (Å²) in [7, 11) is 0. The third-order valence-electron chi connectivity index (χ3n) is 1.73. The highest BCUT2D eigenvalue weighted by molar-refractivity contribution is 6.31. The Kier molecular flexibility index (Phi) is 4.80. The molecule has 0 radical (unpaired) electrons. The van der Waals surface area contributed by atoms with E-state index in [1.807, 2.05) is 12.1 Å². The summed E-state index contributed by atoms with van der Waals surface area (Å²) >= 11 is 11.6. The average molecular weight is 277 g/mol. The van der Waals surface area contributed by atoms with Gasteiger partial charge in [-0.05, 0) is 18.2 Å². The Morgan fingerprint density at radius 2 is 1.88 bits per heavy atom. The number of nitrogens with zero attached hydrogens (tertiary/aromatic N) is 2. The molecule has 0 saturated heterocycles. The van der Waals surface area contributed by atoms with Gasteiger partial charge in [-0.1, -0.05) is 29.3 Å². The molecule has 84 valence electrons. The molecule has 0 aliphatic rings. The van der Waals surface area contributed by atoms with Gasteiger partial charge < -0.3 is 5.32 Å². The lowest BCUT2D eigenvalue weighted by atomic mass is 10.3. The SMILES string of the molecule is Cl.Clc1cccc(Nc2cc(Cl)ncn2)c1. The third kappa shape index (κ3) is 3.52. The second-order valence-corrected chi connectivity index (χ2v) is 3.69. The van der Waals surface area contributed by atoms with Crippen LogP contribution in [0, 0.1) is 0 Å². The van der Waals surface area contributed by atoms with E-state index in [0.29, 0.717) is 16.0 Å². The maximum Gasteiger partial charge on any atom is 0.135 e. The second-order valence-electron chi connectivity index (χ2n) is 2.86. The lowest BCUT2D eigenvalue weighted by Crippen LogP contribution is -1.93. The van der Waals surface area contributed by atoms with E-state index in [1.54, 1.807) is 18.2 Å². The largest absolute Gasteiger partial charge is 0.340 e. The molecule has 0 bridgehead atoms. The van der Waals surface area contributed by atoms with E-state index in [0.717, 1.165) is 5.69 Å². The zero-order valence-corrected chi connectivity index (χ0v) is 10.4. The fraction of sp³-hybridized carbons (Fsp3) is 0. The molecule has 2 aromatic rings. The minimum Gasteiger partial charge on any atom is -0.340 e.